The Bertz CT molecular complexity index is 639. The lowest BCUT2D eigenvalue weighted by molar-refractivity contribution is -0.0189. The zero-order valence-electron chi connectivity index (χ0n) is 13.4. The number of hydrogen-bond acceptors (Lipinski definition) is 4. The van der Waals surface area contributed by atoms with Crippen LogP contribution >= 0.6 is 0 Å². The molecule has 0 unspecified atom stereocenters. The number of hydrogen-bond donors (Lipinski definition) is 2. The molecule has 0 fully saturated rings. The zero-order valence-corrected chi connectivity index (χ0v) is 13.4. The van der Waals surface area contributed by atoms with Gasteiger partial charge in [0.1, 0.15) is 6.10 Å². The van der Waals surface area contributed by atoms with Crippen molar-refractivity contribution in [1.82, 2.24) is 0 Å². The second kappa shape index (κ2) is 9.01. The molecule has 0 aliphatic carbocycles. The second-order valence-corrected chi connectivity index (χ2v) is 5.58. The number of ether oxygens (including phenoxy) is 1. The Hall–Kier alpha value is -2.43. The molecule has 0 aliphatic heterocycles. The first kappa shape index (κ1) is 17.9. The van der Waals surface area contributed by atoms with Gasteiger partial charge in [0.15, 0.2) is 0 Å². The Morgan fingerprint density at radius 2 is 1.67 bits per heavy atom. The molecule has 0 bridgehead atoms. The Balaban J connectivity index is 2.16. The molecule has 4 heteroatoms. The number of esters is 1. The van der Waals surface area contributed by atoms with Crippen molar-refractivity contribution < 1.29 is 19.7 Å². The van der Waals surface area contributed by atoms with Gasteiger partial charge >= 0.3 is 5.97 Å². The maximum absolute atomic E-state index is 12.3. The maximum atomic E-state index is 12.3. The summed E-state index contributed by atoms with van der Waals surface area (Å²) in [5, 5.41) is 19.5. The van der Waals surface area contributed by atoms with Gasteiger partial charge < -0.3 is 14.9 Å². The Kier molecular flexibility index (Phi) is 6.73. The standard InChI is InChI=1S/C20H22O4/c1-2-19(24-20(23)16-11-7-4-8-12-16)17(18(22)14-21)13-15-9-5-3-6-10-15/h2-12,17-19,21-22H,1,13-14H2/t17-,18+,19+/m0/s1. The average molecular weight is 326 g/mol. The van der Waals surface area contributed by atoms with Crippen molar-refractivity contribution in [2.45, 2.75) is 18.6 Å². The topological polar surface area (TPSA) is 66.8 Å². The van der Waals surface area contributed by atoms with Crippen molar-refractivity contribution in [2.75, 3.05) is 6.61 Å². The number of carbonyl (C=O) groups excluding carboxylic acids is 1. The third kappa shape index (κ3) is 4.78. The molecule has 3 atom stereocenters. The first-order valence-electron chi connectivity index (χ1n) is 7.87. The Morgan fingerprint density at radius 3 is 2.21 bits per heavy atom. The van der Waals surface area contributed by atoms with Gasteiger partial charge in [-0.15, -0.1) is 0 Å². The van der Waals surface area contributed by atoms with E-state index in [1.165, 1.54) is 6.08 Å². The lowest BCUT2D eigenvalue weighted by Gasteiger charge is -2.28. The van der Waals surface area contributed by atoms with Crippen LogP contribution in [0.25, 0.3) is 0 Å². The highest BCUT2D eigenvalue weighted by Crippen LogP contribution is 2.21. The van der Waals surface area contributed by atoms with Crippen LogP contribution in [-0.4, -0.2) is 35.0 Å². The first-order valence-corrected chi connectivity index (χ1v) is 7.87. The SMILES string of the molecule is C=C[C@@H](OC(=O)c1ccccc1)[C@@H](Cc1ccccc1)[C@H](O)CO. The van der Waals surface area contributed by atoms with E-state index in [-0.39, 0.29) is 0 Å². The average Bonchev–Trinajstić information content (AvgIpc) is 2.65. The molecule has 0 aliphatic rings. The Morgan fingerprint density at radius 1 is 1.08 bits per heavy atom. The number of rotatable bonds is 8. The quantitative estimate of drug-likeness (QED) is 0.578. The molecule has 0 amide bonds. The summed E-state index contributed by atoms with van der Waals surface area (Å²) in [7, 11) is 0. The fourth-order valence-corrected chi connectivity index (χ4v) is 2.57. The van der Waals surface area contributed by atoms with E-state index in [1.54, 1.807) is 24.3 Å². The molecule has 0 radical (unpaired) electrons. The van der Waals surface area contributed by atoms with Crippen LogP contribution in [-0.2, 0) is 11.2 Å². The van der Waals surface area contributed by atoms with Crippen LogP contribution in [0, 0.1) is 5.92 Å². The molecule has 4 nitrogen and oxygen atoms in total. The van der Waals surface area contributed by atoms with Gasteiger partial charge in [0.05, 0.1) is 18.3 Å². The van der Waals surface area contributed by atoms with Crippen molar-refractivity contribution >= 4 is 5.97 Å². The van der Waals surface area contributed by atoms with Crippen molar-refractivity contribution in [1.29, 1.82) is 0 Å². The minimum Gasteiger partial charge on any atom is -0.454 e. The van der Waals surface area contributed by atoms with Crippen LogP contribution in [0.5, 0.6) is 0 Å². The molecule has 24 heavy (non-hydrogen) atoms. The van der Waals surface area contributed by atoms with E-state index in [0.29, 0.717) is 12.0 Å². The largest absolute Gasteiger partial charge is 0.454 e. The number of aliphatic hydroxyl groups excluding tert-OH is 2. The second-order valence-electron chi connectivity index (χ2n) is 5.58. The lowest BCUT2D eigenvalue weighted by atomic mass is 9.89. The summed E-state index contributed by atoms with van der Waals surface area (Å²) < 4.78 is 5.51. The molecule has 0 aromatic heterocycles. The molecule has 0 heterocycles. The predicted molar refractivity (Wildman–Crippen MR) is 92.6 cm³/mol. The molecule has 0 spiro atoms. The molecular formula is C20H22O4. The number of benzene rings is 2. The predicted octanol–water partition coefficient (Wildman–Crippen LogP) is 2.61. The van der Waals surface area contributed by atoms with Crippen LogP contribution in [0.1, 0.15) is 15.9 Å². The highest BCUT2D eigenvalue weighted by atomic mass is 16.5. The van der Waals surface area contributed by atoms with Crippen LogP contribution in [0.2, 0.25) is 0 Å². The van der Waals surface area contributed by atoms with E-state index in [0.717, 1.165) is 5.56 Å². The van der Waals surface area contributed by atoms with E-state index >= 15 is 0 Å². The highest BCUT2D eigenvalue weighted by Gasteiger charge is 2.29. The van der Waals surface area contributed by atoms with Gasteiger partial charge in [-0.3, -0.25) is 0 Å². The fraction of sp³-hybridized carbons (Fsp3) is 0.250. The minimum absolute atomic E-state index is 0.412. The highest BCUT2D eigenvalue weighted by molar-refractivity contribution is 5.89. The summed E-state index contributed by atoms with van der Waals surface area (Å²) in [5.74, 6) is -0.966. The van der Waals surface area contributed by atoms with Gasteiger partial charge in [0.2, 0.25) is 0 Å². The van der Waals surface area contributed by atoms with Gasteiger partial charge in [-0.05, 0) is 24.1 Å². The van der Waals surface area contributed by atoms with Gasteiger partial charge in [0, 0.05) is 5.92 Å². The number of carbonyl (C=O) groups is 1. The van der Waals surface area contributed by atoms with E-state index in [9.17, 15) is 15.0 Å². The Labute approximate surface area is 142 Å². The molecule has 0 saturated heterocycles. The van der Waals surface area contributed by atoms with Gasteiger partial charge in [-0.1, -0.05) is 61.2 Å². The van der Waals surface area contributed by atoms with E-state index in [1.807, 2.05) is 36.4 Å². The third-order valence-corrected chi connectivity index (χ3v) is 3.90. The van der Waals surface area contributed by atoms with Crippen molar-refractivity contribution in [3.8, 4) is 0 Å². The van der Waals surface area contributed by atoms with E-state index < -0.39 is 30.7 Å². The summed E-state index contributed by atoms with van der Waals surface area (Å²) in [6.07, 6.45) is 0.228. The molecule has 2 rings (SSSR count). The van der Waals surface area contributed by atoms with Crippen molar-refractivity contribution in [3.05, 3.63) is 84.4 Å². The normalized spacial score (nSPS) is 14.4. The lowest BCUT2D eigenvalue weighted by Crippen LogP contribution is -2.37. The van der Waals surface area contributed by atoms with Gasteiger partial charge in [-0.25, -0.2) is 4.79 Å². The summed E-state index contributed by atoms with van der Waals surface area (Å²) in [6, 6.07) is 18.2. The zero-order chi connectivity index (χ0) is 17.4. The first-order chi connectivity index (χ1) is 11.7. The summed E-state index contributed by atoms with van der Waals surface area (Å²) in [4.78, 5) is 12.3. The smallest absolute Gasteiger partial charge is 0.338 e. The summed E-state index contributed by atoms with van der Waals surface area (Å²) in [5.41, 5.74) is 1.42. The summed E-state index contributed by atoms with van der Waals surface area (Å²) >= 11 is 0. The third-order valence-electron chi connectivity index (χ3n) is 3.90. The van der Waals surface area contributed by atoms with E-state index in [4.69, 9.17) is 4.74 Å². The number of aliphatic hydroxyl groups is 2. The van der Waals surface area contributed by atoms with Crippen LogP contribution in [0.4, 0.5) is 0 Å². The molecular weight excluding hydrogens is 304 g/mol. The minimum atomic E-state index is -1.02. The monoisotopic (exact) mass is 326 g/mol. The van der Waals surface area contributed by atoms with E-state index in [2.05, 4.69) is 6.58 Å². The van der Waals surface area contributed by atoms with Crippen molar-refractivity contribution in [3.63, 3.8) is 0 Å². The van der Waals surface area contributed by atoms with Crippen LogP contribution < -0.4 is 0 Å². The molecule has 0 saturated carbocycles. The maximum Gasteiger partial charge on any atom is 0.338 e. The van der Waals surface area contributed by atoms with Gasteiger partial charge in [-0.2, -0.15) is 0 Å². The molecule has 2 aromatic carbocycles. The molecule has 2 aromatic rings. The molecule has 2 N–H and O–H groups in total. The fourth-order valence-electron chi connectivity index (χ4n) is 2.57. The van der Waals surface area contributed by atoms with Gasteiger partial charge in [0.25, 0.3) is 0 Å². The van der Waals surface area contributed by atoms with Crippen molar-refractivity contribution in [2.24, 2.45) is 5.92 Å². The summed E-state index contributed by atoms with van der Waals surface area (Å²) in [6.45, 7) is 3.31. The van der Waals surface area contributed by atoms with Crippen LogP contribution in [0.15, 0.2) is 73.3 Å². The molecule has 126 valence electrons. The van der Waals surface area contributed by atoms with Crippen LogP contribution in [0.3, 0.4) is 0 Å².